The lowest BCUT2D eigenvalue weighted by atomic mass is 9.67. The minimum Gasteiger partial charge on any atom is -0.382 e. The summed E-state index contributed by atoms with van der Waals surface area (Å²) in [6.07, 6.45) is 13.6. The lowest BCUT2D eigenvalue weighted by molar-refractivity contribution is -0.128. The minimum atomic E-state index is 0.124. The number of amidine groups is 1. The molecule has 0 radical (unpaired) electrons. The van der Waals surface area contributed by atoms with Crippen LogP contribution in [0.5, 0.6) is 0 Å². The van der Waals surface area contributed by atoms with Crippen LogP contribution in [0.3, 0.4) is 0 Å². The van der Waals surface area contributed by atoms with Crippen LogP contribution in [0.4, 0.5) is 0 Å². The molecule has 0 aromatic carbocycles. The number of ether oxygens (including phenoxy) is 1. The Hall–Kier alpha value is -0.790. The summed E-state index contributed by atoms with van der Waals surface area (Å²) in [5.41, 5.74) is 3.13. The van der Waals surface area contributed by atoms with Gasteiger partial charge in [0.25, 0.3) is 0 Å². The second-order valence-electron chi connectivity index (χ2n) is 9.20. The van der Waals surface area contributed by atoms with E-state index in [2.05, 4.69) is 21.2 Å². The van der Waals surface area contributed by atoms with Crippen molar-refractivity contribution in [2.24, 2.45) is 22.9 Å². The number of hydrogen-bond acceptors (Lipinski definition) is 6. The number of piperidine rings is 1. The van der Waals surface area contributed by atoms with Crippen molar-refractivity contribution in [1.82, 2.24) is 16.1 Å². The molecule has 2 heterocycles. The Morgan fingerprint density at radius 3 is 2.76 bits per heavy atom. The molecule has 3 fully saturated rings. The molecule has 2 aliphatic carbocycles. The van der Waals surface area contributed by atoms with Gasteiger partial charge in [-0.15, -0.1) is 0 Å². The first-order valence-electron chi connectivity index (χ1n) is 11.9. The van der Waals surface area contributed by atoms with E-state index < -0.39 is 0 Å². The van der Waals surface area contributed by atoms with E-state index in [9.17, 15) is 4.79 Å². The molecule has 3 N–H and O–H groups in total. The number of nitrogens with one attached hydrogen (secondary N) is 3. The van der Waals surface area contributed by atoms with Crippen LogP contribution in [0.25, 0.3) is 0 Å². The van der Waals surface area contributed by atoms with E-state index in [0.29, 0.717) is 18.0 Å². The molecule has 1 saturated heterocycles. The third kappa shape index (κ3) is 5.47. The zero-order valence-electron chi connectivity index (χ0n) is 17.8. The number of rotatable bonds is 6. The van der Waals surface area contributed by atoms with Gasteiger partial charge in [-0.1, -0.05) is 43.9 Å². The van der Waals surface area contributed by atoms with Crippen molar-refractivity contribution in [2.45, 2.75) is 95.0 Å². The van der Waals surface area contributed by atoms with Gasteiger partial charge in [-0.3, -0.25) is 10.2 Å². The molecule has 5 unspecified atom stereocenters. The highest BCUT2D eigenvalue weighted by molar-refractivity contribution is 8.14. The molecule has 0 aromatic heterocycles. The Labute approximate surface area is 179 Å². The topological polar surface area (TPSA) is 74.8 Å². The number of thioether (sulfide) groups is 1. The van der Waals surface area contributed by atoms with Gasteiger partial charge in [-0.25, -0.2) is 0 Å². The van der Waals surface area contributed by atoms with E-state index >= 15 is 0 Å². The number of nitrogens with zero attached hydrogens (tertiary/aromatic N) is 1. The molecule has 29 heavy (non-hydrogen) atoms. The van der Waals surface area contributed by atoms with Crippen LogP contribution < -0.4 is 16.1 Å². The van der Waals surface area contributed by atoms with E-state index in [1.807, 2.05) is 6.92 Å². The number of hydrogen-bond donors (Lipinski definition) is 3. The van der Waals surface area contributed by atoms with Crippen molar-refractivity contribution in [1.29, 1.82) is 0 Å². The molecule has 4 rings (SSSR count). The molecule has 0 bridgehead atoms. The number of amides is 1. The highest BCUT2D eigenvalue weighted by Crippen LogP contribution is 2.40. The molecule has 4 aliphatic rings. The molecule has 5 atom stereocenters. The first-order chi connectivity index (χ1) is 14.2. The fraction of sp³-hybridized carbons (Fsp3) is 0.909. The first-order valence-corrected chi connectivity index (χ1v) is 12.8. The zero-order chi connectivity index (χ0) is 20.1. The zero-order valence-corrected chi connectivity index (χ0v) is 18.6. The standard InChI is InChI=1S/C22H38N4O2S/c1-2-28-13-12-20-25-26-22(29-20)24-21(27)17-14-19(15-8-4-3-5-9-15)23-18-11-7-6-10-16(17)18/h15-20,23,25H,2-14H2,1H3,(H,24,26,27). The quantitative estimate of drug-likeness (QED) is 0.571. The number of fused-ring (bicyclic) bond motifs is 1. The summed E-state index contributed by atoms with van der Waals surface area (Å²) in [6, 6.07) is 1.04. The third-order valence-corrected chi connectivity index (χ3v) is 8.39. The Bertz CT molecular complexity index is 581. The second kappa shape index (κ2) is 10.5. The Balaban J connectivity index is 1.35. The number of carbonyl (C=O) groups excluding carboxylic acids is 1. The van der Waals surface area contributed by atoms with E-state index in [4.69, 9.17) is 4.74 Å². The highest BCUT2D eigenvalue weighted by atomic mass is 32.2. The molecule has 2 aliphatic heterocycles. The number of carbonyl (C=O) groups is 1. The van der Waals surface area contributed by atoms with Crippen LogP contribution in [0.15, 0.2) is 5.10 Å². The van der Waals surface area contributed by atoms with Gasteiger partial charge in [-0.05, 0) is 50.9 Å². The Morgan fingerprint density at radius 2 is 1.93 bits per heavy atom. The molecule has 1 amide bonds. The maximum absolute atomic E-state index is 13.3. The molecule has 7 heteroatoms. The second-order valence-corrected chi connectivity index (χ2v) is 10.4. The maximum Gasteiger partial charge on any atom is 0.229 e. The van der Waals surface area contributed by atoms with Crippen LogP contribution >= 0.6 is 11.8 Å². The molecular weight excluding hydrogens is 384 g/mol. The minimum absolute atomic E-state index is 0.124. The average Bonchev–Trinajstić information content (AvgIpc) is 3.21. The van der Waals surface area contributed by atoms with Gasteiger partial charge in [-0.2, -0.15) is 5.10 Å². The lowest BCUT2D eigenvalue weighted by Gasteiger charge is -2.47. The summed E-state index contributed by atoms with van der Waals surface area (Å²) in [4.78, 5) is 13.3. The summed E-state index contributed by atoms with van der Waals surface area (Å²) in [7, 11) is 0. The molecular formula is C22H38N4O2S. The fourth-order valence-corrected chi connectivity index (χ4v) is 6.69. The van der Waals surface area contributed by atoms with Crippen molar-refractivity contribution < 1.29 is 9.53 Å². The fourth-order valence-electron chi connectivity index (χ4n) is 5.84. The summed E-state index contributed by atoms with van der Waals surface area (Å²) in [5, 5.41) is 12.5. The van der Waals surface area contributed by atoms with Crippen LogP contribution in [-0.4, -0.2) is 41.7 Å². The SMILES string of the molecule is CCOCCC1NN=C(NC(=O)C2CC(C3CCCCC3)NC3CCCCC32)S1. The van der Waals surface area contributed by atoms with Crippen molar-refractivity contribution in [3.05, 3.63) is 0 Å². The molecule has 0 spiro atoms. The number of hydrazone groups is 1. The van der Waals surface area contributed by atoms with E-state index in [0.717, 1.165) is 37.1 Å². The predicted molar refractivity (Wildman–Crippen MR) is 119 cm³/mol. The van der Waals surface area contributed by atoms with Gasteiger partial charge in [0.15, 0.2) is 5.17 Å². The summed E-state index contributed by atoms with van der Waals surface area (Å²) < 4.78 is 5.44. The van der Waals surface area contributed by atoms with Gasteiger partial charge >= 0.3 is 0 Å². The molecule has 164 valence electrons. The molecule has 0 aromatic rings. The van der Waals surface area contributed by atoms with Crippen LogP contribution in [0.2, 0.25) is 0 Å². The van der Waals surface area contributed by atoms with Gasteiger partial charge < -0.3 is 15.4 Å². The molecule has 6 nitrogen and oxygen atoms in total. The van der Waals surface area contributed by atoms with Crippen molar-refractivity contribution in [3.8, 4) is 0 Å². The highest BCUT2D eigenvalue weighted by Gasteiger charge is 2.44. The molecule has 2 saturated carbocycles. The van der Waals surface area contributed by atoms with E-state index in [1.54, 1.807) is 11.8 Å². The largest absolute Gasteiger partial charge is 0.382 e. The monoisotopic (exact) mass is 422 g/mol. The van der Waals surface area contributed by atoms with E-state index in [-0.39, 0.29) is 17.2 Å². The van der Waals surface area contributed by atoms with Crippen LogP contribution in [0.1, 0.15) is 77.6 Å². The predicted octanol–water partition coefficient (Wildman–Crippen LogP) is 3.58. The smallest absolute Gasteiger partial charge is 0.229 e. The van der Waals surface area contributed by atoms with Crippen molar-refractivity contribution in [3.63, 3.8) is 0 Å². The van der Waals surface area contributed by atoms with E-state index in [1.165, 1.54) is 57.8 Å². The summed E-state index contributed by atoms with van der Waals surface area (Å²) in [5.74, 6) is 1.56. The third-order valence-electron chi connectivity index (χ3n) is 7.35. The maximum atomic E-state index is 13.3. The van der Waals surface area contributed by atoms with Gasteiger partial charge in [0.2, 0.25) is 5.91 Å². The normalized spacial score (nSPS) is 35.5. The average molecular weight is 423 g/mol. The van der Waals surface area contributed by atoms with Crippen LogP contribution in [0, 0.1) is 17.8 Å². The Morgan fingerprint density at radius 1 is 1.14 bits per heavy atom. The van der Waals surface area contributed by atoms with Crippen molar-refractivity contribution >= 4 is 22.8 Å². The van der Waals surface area contributed by atoms with Gasteiger partial charge in [0.1, 0.15) is 0 Å². The summed E-state index contributed by atoms with van der Waals surface area (Å²) >= 11 is 1.62. The van der Waals surface area contributed by atoms with Crippen LogP contribution in [-0.2, 0) is 9.53 Å². The summed E-state index contributed by atoms with van der Waals surface area (Å²) in [6.45, 7) is 3.47. The van der Waals surface area contributed by atoms with Gasteiger partial charge in [0.05, 0.1) is 5.37 Å². The first kappa shape index (κ1) is 21.4. The van der Waals surface area contributed by atoms with Gasteiger partial charge in [0, 0.05) is 37.6 Å². The Kier molecular flexibility index (Phi) is 7.76. The van der Waals surface area contributed by atoms with Crippen molar-refractivity contribution in [2.75, 3.05) is 13.2 Å². The lowest BCUT2D eigenvalue weighted by Crippen LogP contribution is -2.58.